The Labute approximate surface area is 128 Å². The molecule has 0 atom stereocenters. The van der Waals surface area contributed by atoms with E-state index in [9.17, 15) is 0 Å². The second kappa shape index (κ2) is 11.7. The number of hydrogen-bond donors (Lipinski definition) is 1. The molecule has 0 fully saturated rings. The first-order chi connectivity index (χ1) is 10.3. The van der Waals surface area contributed by atoms with Crippen LogP contribution >= 0.6 is 0 Å². The highest BCUT2D eigenvalue weighted by atomic mass is 16.5. The zero-order chi connectivity index (χ0) is 15.3. The Morgan fingerprint density at radius 3 is 2.33 bits per heavy atom. The molecule has 122 valence electrons. The summed E-state index contributed by atoms with van der Waals surface area (Å²) in [6, 6.07) is 2.12. The Bertz CT molecular complexity index is 345. The third-order valence-electron chi connectivity index (χ3n) is 3.18. The monoisotopic (exact) mass is 298 g/mol. The summed E-state index contributed by atoms with van der Waals surface area (Å²) in [5, 5.41) is 3.30. The predicted molar refractivity (Wildman–Crippen MR) is 84.4 cm³/mol. The summed E-state index contributed by atoms with van der Waals surface area (Å²) in [5.74, 6) is 0.996. The van der Waals surface area contributed by atoms with Gasteiger partial charge in [0.25, 0.3) is 0 Å². The van der Waals surface area contributed by atoms with Gasteiger partial charge in [0, 0.05) is 38.4 Å². The lowest BCUT2D eigenvalue weighted by molar-refractivity contribution is 0.0769. The number of rotatable bonds is 13. The van der Waals surface area contributed by atoms with Crippen LogP contribution in [0.1, 0.15) is 32.1 Å². The predicted octanol–water partition coefficient (Wildman–Crippen LogP) is 2.26. The summed E-state index contributed by atoms with van der Waals surface area (Å²) in [4.78, 5) is 2.31. The van der Waals surface area contributed by atoms with Crippen LogP contribution in [-0.2, 0) is 22.6 Å². The molecule has 0 aliphatic rings. The molecule has 0 saturated carbocycles. The molecule has 0 saturated heterocycles. The lowest BCUT2D eigenvalue weighted by atomic mass is 10.3. The van der Waals surface area contributed by atoms with Crippen molar-refractivity contribution in [3.8, 4) is 0 Å². The molecule has 5 nitrogen and oxygen atoms in total. The van der Waals surface area contributed by atoms with Gasteiger partial charge in [-0.25, -0.2) is 0 Å². The largest absolute Gasteiger partial charge is 0.468 e. The Morgan fingerprint density at radius 2 is 1.76 bits per heavy atom. The molecule has 1 rings (SSSR count). The average molecular weight is 298 g/mol. The van der Waals surface area contributed by atoms with Crippen molar-refractivity contribution in [1.82, 2.24) is 10.2 Å². The van der Waals surface area contributed by atoms with Crippen LogP contribution in [0, 0.1) is 0 Å². The molecule has 0 amide bonds. The van der Waals surface area contributed by atoms with E-state index < -0.39 is 0 Å². The SMILES string of the molecule is CCNCc1coc(CN(CCOCC)CCOCC)c1. The first-order valence-corrected chi connectivity index (χ1v) is 7.94. The average Bonchev–Trinajstić information content (AvgIpc) is 2.93. The Morgan fingerprint density at radius 1 is 1.10 bits per heavy atom. The van der Waals surface area contributed by atoms with Gasteiger partial charge in [0.2, 0.25) is 0 Å². The van der Waals surface area contributed by atoms with Crippen LogP contribution in [0.15, 0.2) is 16.7 Å². The minimum Gasteiger partial charge on any atom is -0.468 e. The summed E-state index contributed by atoms with van der Waals surface area (Å²) in [6.07, 6.45) is 1.83. The van der Waals surface area contributed by atoms with Gasteiger partial charge in [0.05, 0.1) is 26.0 Å². The van der Waals surface area contributed by atoms with Crippen molar-refractivity contribution in [2.24, 2.45) is 0 Å². The van der Waals surface area contributed by atoms with Crippen molar-refractivity contribution in [1.29, 1.82) is 0 Å². The molecule has 5 heteroatoms. The van der Waals surface area contributed by atoms with Crippen molar-refractivity contribution in [3.05, 3.63) is 23.7 Å². The van der Waals surface area contributed by atoms with Gasteiger partial charge in [-0.15, -0.1) is 0 Å². The minimum absolute atomic E-state index is 0.744. The highest BCUT2D eigenvalue weighted by molar-refractivity contribution is 5.12. The van der Waals surface area contributed by atoms with Crippen LogP contribution in [0.3, 0.4) is 0 Å². The van der Waals surface area contributed by atoms with E-state index in [2.05, 4.69) is 23.2 Å². The minimum atomic E-state index is 0.744. The smallest absolute Gasteiger partial charge is 0.118 e. The molecule has 1 heterocycles. The maximum absolute atomic E-state index is 5.64. The van der Waals surface area contributed by atoms with E-state index in [-0.39, 0.29) is 0 Å². The molecule has 0 unspecified atom stereocenters. The highest BCUT2D eigenvalue weighted by Gasteiger charge is 2.09. The van der Waals surface area contributed by atoms with E-state index in [0.717, 1.165) is 64.9 Å². The molecular weight excluding hydrogens is 268 g/mol. The molecular formula is C16H30N2O3. The Kier molecular flexibility index (Phi) is 10.2. The fourth-order valence-corrected chi connectivity index (χ4v) is 2.04. The van der Waals surface area contributed by atoms with Crippen LogP contribution in [0.2, 0.25) is 0 Å². The molecule has 1 N–H and O–H groups in total. The van der Waals surface area contributed by atoms with E-state index in [1.54, 1.807) is 0 Å². The van der Waals surface area contributed by atoms with Crippen LogP contribution in [0.4, 0.5) is 0 Å². The van der Waals surface area contributed by atoms with Gasteiger partial charge in [-0.05, 0) is 26.5 Å². The second-order valence-corrected chi connectivity index (χ2v) is 4.87. The molecule has 1 aromatic rings. The van der Waals surface area contributed by atoms with Crippen molar-refractivity contribution >= 4 is 0 Å². The number of furan rings is 1. The summed E-state index contributed by atoms with van der Waals surface area (Å²) in [6.45, 7) is 13.5. The van der Waals surface area contributed by atoms with Crippen molar-refractivity contribution < 1.29 is 13.9 Å². The first kappa shape index (κ1) is 18.2. The van der Waals surface area contributed by atoms with Gasteiger partial charge in [-0.1, -0.05) is 6.92 Å². The first-order valence-electron chi connectivity index (χ1n) is 7.94. The van der Waals surface area contributed by atoms with Gasteiger partial charge in [-0.3, -0.25) is 4.90 Å². The molecule has 0 aromatic carbocycles. The van der Waals surface area contributed by atoms with Gasteiger partial charge < -0.3 is 19.2 Å². The van der Waals surface area contributed by atoms with E-state index in [4.69, 9.17) is 13.9 Å². The molecule has 21 heavy (non-hydrogen) atoms. The van der Waals surface area contributed by atoms with E-state index >= 15 is 0 Å². The van der Waals surface area contributed by atoms with E-state index in [1.807, 2.05) is 20.1 Å². The Balaban J connectivity index is 2.43. The highest BCUT2D eigenvalue weighted by Crippen LogP contribution is 2.10. The zero-order valence-corrected chi connectivity index (χ0v) is 13.7. The van der Waals surface area contributed by atoms with Crippen molar-refractivity contribution in [2.45, 2.75) is 33.9 Å². The van der Waals surface area contributed by atoms with Gasteiger partial charge >= 0.3 is 0 Å². The lowest BCUT2D eigenvalue weighted by Gasteiger charge is -2.20. The number of hydrogen-bond acceptors (Lipinski definition) is 5. The summed E-state index contributed by atoms with van der Waals surface area (Å²) in [5.41, 5.74) is 1.20. The third kappa shape index (κ3) is 8.21. The fraction of sp³-hybridized carbons (Fsp3) is 0.750. The van der Waals surface area contributed by atoms with E-state index in [0.29, 0.717) is 0 Å². The van der Waals surface area contributed by atoms with Gasteiger partial charge in [0.1, 0.15) is 5.76 Å². The quantitative estimate of drug-likeness (QED) is 0.566. The topological polar surface area (TPSA) is 46.9 Å². The molecule has 0 aliphatic carbocycles. The Hall–Kier alpha value is -0.880. The molecule has 0 spiro atoms. The maximum Gasteiger partial charge on any atom is 0.118 e. The van der Waals surface area contributed by atoms with Crippen LogP contribution < -0.4 is 5.32 Å². The number of nitrogens with zero attached hydrogens (tertiary/aromatic N) is 1. The lowest BCUT2D eigenvalue weighted by Crippen LogP contribution is -2.30. The molecule has 0 aliphatic heterocycles. The molecule has 0 bridgehead atoms. The van der Waals surface area contributed by atoms with Crippen molar-refractivity contribution in [2.75, 3.05) is 46.1 Å². The summed E-state index contributed by atoms with van der Waals surface area (Å²) in [7, 11) is 0. The number of ether oxygens (including phenoxy) is 2. The van der Waals surface area contributed by atoms with E-state index in [1.165, 1.54) is 5.56 Å². The summed E-state index contributed by atoms with van der Waals surface area (Å²) < 4.78 is 16.5. The van der Waals surface area contributed by atoms with Crippen LogP contribution in [-0.4, -0.2) is 51.0 Å². The van der Waals surface area contributed by atoms with Gasteiger partial charge in [-0.2, -0.15) is 0 Å². The second-order valence-electron chi connectivity index (χ2n) is 4.87. The third-order valence-corrected chi connectivity index (χ3v) is 3.18. The summed E-state index contributed by atoms with van der Waals surface area (Å²) >= 11 is 0. The zero-order valence-electron chi connectivity index (χ0n) is 13.7. The fourth-order valence-electron chi connectivity index (χ4n) is 2.04. The normalized spacial score (nSPS) is 11.4. The van der Waals surface area contributed by atoms with Crippen molar-refractivity contribution in [3.63, 3.8) is 0 Å². The van der Waals surface area contributed by atoms with Crippen LogP contribution in [0.25, 0.3) is 0 Å². The van der Waals surface area contributed by atoms with Gasteiger partial charge in [0.15, 0.2) is 0 Å². The molecule has 0 radical (unpaired) electrons. The van der Waals surface area contributed by atoms with Crippen LogP contribution in [0.5, 0.6) is 0 Å². The number of nitrogens with one attached hydrogen (secondary N) is 1. The molecule has 1 aromatic heterocycles. The maximum atomic E-state index is 5.64. The standard InChI is InChI=1S/C16H30N2O3/c1-4-17-12-15-11-16(21-14-15)13-18(7-9-19-5-2)8-10-20-6-3/h11,14,17H,4-10,12-13H2,1-3H3.